The van der Waals surface area contributed by atoms with Gasteiger partial charge in [-0.05, 0) is 105 Å². The van der Waals surface area contributed by atoms with Crippen molar-refractivity contribution in [3.8, 4) is 29.3 Å². The van der Waals surface area contributed by atoms with Crippen LogP contribution in [0.1, 0.15) is 313 Å². The minimum Gasteiger partial charge on any atom is -0.274 e. The molecule has 0 fully saturated rings. The number of imide groups is 2. The zero-order valence-corrected chi connectivity index (χ0v) is 75.2. The number of hydrogen-bond acceptors (Lipinski definition) is 10. The second-order valence-electron chi connectivity index (χ2n) is 29.0. The molecule has 0 bridgehead atoms. The summed E-state index contributed by atoms with van der Waals surface area (Å²) < 4.78 is 3.27. The molecule has 550 valence electrons. The number of aryl methyl sites for hydroxylation is 3. The molecule has 0 saturated carbocycles. The topological polar surface area (TPSA) is 74.8 Å². The van der Waals surface area contributed by atoms with Gasteiger partial charge in [0.15, 0.2) is 0 Å². The van der Waals surface area contributed by atoms with Gasteiger partial charge in [0, 0.05) is 37.5 Å². The Bertz CT molecular complexity index is 3490. The third kappa shape index (κ3) is 19.9. The molecule has 4 amide bonds. The first-order chi connectivity index (χ1) is 46.8. The number of rotatable bonds is 40. The van der Waals surface area contributed by atoms with E-state index in [4.69, 9.17) is 0 Å². The van der Waals surface area contributed by atoms with E-state index in [1.165, 1.54) is 214 Å². The summed E-state index contributed by atoms with van der Waals surface area (Å²) in [5.41, 5.74) is 2.43. The smallest absolute Gasteiger partial charge is 0.263 e. The SMILES string of the molecule is C.CCCCC(CC)C[Si]1(CC(CC)CCCC)c2cc(C)sc2-c2s[c]([Sn][CH3])cc21.CCCCCCCCN1C(=O)c2c(Br)sc(Br)c2C1=O.CCCCCCCCN1C(=O)c2c(C)sc(-c3cc4c(s3)-c3sc(C)cc3[Si]4(CC(CC)CCCC)CC(CC)CCCC)c2C1=O.F. The molecule has 6 aromatic rings. The molecule has 2 radical (unpaired) electrons. The van der Waals surface area contributed by atoms with Crippen molar-refractivity contribution in [3.05, 3.63) is 68.7 Å². The number of nitrogens with zero attached hydrogens (tertiary/aromatic N) is 2. The van der Waals surface area contributed by atoms with Crippen molar-refractivity contribution >= 4 is 184 Å². The maximum Gasteiger partial charge on any atom is 0.263 e. The van der Waals surface area contributed by atoms with Crippen LogP contribution in [0.2, 0.25) is 29.1 Å². The maximum absolute atomic E-state index is 14.0. The maximum atomic E-state index is 14.0. The molecule has 4 aliphatic heterocycles. The van der Waals surface area contributed by atoms with Crippen LogP contribution in [0.5, 0.6) is 0 Å². The third-order valence-electron chi connectivity index (χ3n) is 22.1. The largest absolute Gasteiger partial charge is 0.274 e. The molecular formula is C81H123Br2FN2O4S6Si2Sn. The van der Waals surface area contributed by atoms with Crippen molar-refractivity contribution in [1.29, 1.82) is 0 Å². The average molecular weight is 1730 g/mol. The van der Waals surface area contributed by atoms with Crippen molar-refractivity contribution in [2.45, 2.75) is 306 Å². The summed E-state index contributed by atoms with van der Waals surface area (Å²) in [6, 6.07) is 16.3. The molecule has 0 N–H and O–H groups in total. The quantitative estimate of drug-likeness (QED) is 0.0218. The Labute approximate surface area is 652 Å². The van der Waals surface area contributed by atoms with E-state index in [9.17, 15) is 19.2 Å². The van der Waals surface area contributed by atoms with E-state index in [1.54, 1.807) is 44.1 Å². The summed E-state index contributed by atoms with van der Waals surface area (Å²) >= 11 is 17.7. The van der Waals surface area contributed by atoms with Crippen LogP contribution in [0.3, 0.4) is 0 Å². The van der Waals surface area contributed by atoms with E-state index >= 15 is 0 Å². The number of amides is 4. The Morgan fingerprint density at radius 1 is 0.394 bits per heavy atom. The molecule has 99 heavy (non-hydrogen) atoms. The fraction of sp³-hybridized carbons (Fsp3) is 0.654. The number of hydrogen-bond donors (Lipinski definition) is 0. The Morgan fingerprint density at radius 3 is 1.11 bits per heavy atom. The molecule has 0 saturated heterocycles. The van der Waals surface area contributed by atoms with Crippen LogP contribution in [-0.2, 0) is 0 Å². The third-order valence-corrected chi connectivity index (χ3v) is 46.0. The summed E-state index contributed by atoms with van der Waals surface area (Å²) in [5, 5.41) is 7.14. The Hall–Kier alpha value is -1.40. The average Bonchev–Trinajstić information content (AvgIpc) is 1.55. The molecule has 4 unspecified atom stereocenters. The van der Waals surface area contributed by atoms with Gasteiger partial charge in [-0.2, -0.15) is 0 Å². The van der Waals surface area contributed by atoms with Crippen molar-refractivity contribution in [1.82, 2.24) is 9.80 Å². The second-order valence-corrected chi connectivity index (χ2v) is 50.6. The minimum atomic E-state index is -2.06. The molecule has 6 aromatic heterocycles. The summed E-state index contributed by atoms with van der Waals surface area (Å²) in [6.07, 6.45) is 35.3. The number of fused-ring (bicyclic) bond motifs is 8. The van der Waals surface area contributed by atoms with E-state index in [1.807, 2.05) is 40.0 Å². The number of halogens is 3. The Kier molecular flexibility index (Phi) is 36.4. The first kappa shape index (κ1) is 86.5. The first-order valence-electron chi connectivity index (χ1n) is 38.4. The molecule has 0 aromatic carbocycles. The van der Waals surface area contributed by atoms with Crippen molar-refractivity contribution in [2.24, 2.45) is 23.7 Å². The van der Waals surface area contributed by atoms with Crippen molar-refractivity contribution in [3.63, 3.8) is 0 Å². The van der Waals surface area contributed by atoms with Crippen molar-refractivity contribution in [2.75, 3.05) is 13.1 Å². The molecule has 10 heterocycles. The van der Waals surface area contributed by atoms with Crippen LogP contribution in [0, 0.1) is 44.4 Å². The standard InChI is InChI=1S/C40H59NO2S3Si.C25H39S2Si.C14H17Br2NO2S.CH4.CH3.FH.Sn/c1-8-13-16-17-18-19-22-41-39(42)34-28(7)45-36(35(34)40(41)43)31-24-33-38(46-31)37-32(23-27(6)44-37)47(33,25-29(11-4)20-14-9-2)26-30(12-5)21-15-10-3;1-6-10-12-20(8-3)17-28(18-21(9-4)13-11-7-2)22-14-15-26-24(22)25-23(28)16-19(5)27-25;1-2-3-4-5-6-7-8-17-13(18)9-10(14(17)19)12(16)20-11(9)15;;;;/h23-24,29-30H,8-22,25-26H2,1-7H3;14,16,20-21H,6-13,17-18H2,1-5H3;2-8H2,1H3;1H4;1H3;1H;. The van der Waals surface area contributed by atoms with Gasteiger partial charge in [-0.1, -0.05) is 165 Å². The van der Waals surface area contributed by atoms with Gasteiger partial charge in [0.25, 0.3) is 23.6 Å². The minimum absolute atomic E-state index is 0. The molecule has 6 nitrogen and oxygen atoms in total. The number of carbonyl (C=O) groups is 4. The van der Waals surface area contributed by atoms with Crippen LogP contribution in [0.15, 0.2) is 31.8 Å². The van der Waals surface area contributed by atoms with Gasteiger partial charge < -0.3 is 0 Å². The zero-order valence-electron chi connectivity index (χ0n) is 62.3. The van der Waals surface area contributed by atoms with E-state index in [-0.39, 0.29) is 56.9 Å². The fourth-order valence-electron chi connectivity index (χ4n) is 16.4. The fourth-order valence-corrected chi connectivity index (χ4v) is 44.2. The summed E-state index contributed by atoms with van der Waals surface area (Å²) in [6.45, 7) is 31.4. The Morgan fingerprint density at radius 2 is 0.727 bits per heavy atom. The number of thiophene rings is 6. The predicted molar refractivity (Wildman–Crippen MR) is 453 cm³/mol. The number of unbranched alkanes of at least 4 members (excludes halogenated alkanes) is 14. The molecular weight excluding hydrogens is 1610 g/mol. The molecule has 18 heteroatoms. The number of carbonyl (C=O) groups excluding carboxylic acids is 4. The van der Waals surface area contributed by atoms with Gasteiger partial charge in [-0.25, -0.2) is 0 Å². The van der Waals surface area contributed by atoms with Crippen LogP contribution in [-0.4, -0.2) is 83.8 Å². The molecule has 0 aliphatic carbocycles. The van der Waals surface area contributed by atoms with Crippen LogP contribution >= 0.6 is 99.9 Å². The summed E-state index contributed by atoms with van der Waals surface area (Å²) in [5.74, 6) is 2.92. The molecule has 4 aliphatic rings. The van der Waals surface area contributed by atoms with Crippen LogP contribution < -0.4 is 23.6 Å². The normalized spacial score (nSPS) is 17.5. The van der Waals surface area contributed by atoms with Gasteiger partial charge in [0.05, 0.1) is 34.7 Å². The molecule has 4 atom stereocenters. The predicted octanol–water partition coefficient (Wildman–Crippen LogP) is 25.6. The second kappa shape index (κ2) is 41.6. The van der Waals surface area contributed by atoms with E-state index in [0.717, 1.165) is 66.7 Å². The van der Waals surface area contributed by atoms with Gasteiger partial charge >= 0.3 is 207 Å². The van der Waals surface area contributed by atoms with Gasteiger partial charge in [-0.15, -0.1) is 45.3 Å². The molecule has 0 spiro atoms. The van der Waals surface area contributed by atoms with E-state index < -0.39 is 16.1 Å². The van der Waals surface area contributed by atoms with Gasteiger partial charge in [-0.3, -0.25) is 33.7 Å². The van der Waals surface area contributed by atoms with Crippen LogP contribution in [0.25, 0.3) is 29.3 Å². The van der Waals surface area contributed by atoms with E-state index in [2.05, 4.69) is 167 Å². The summed E-state index contributed by atoms with van der Waals surface area (Å²) in [7, 11) is -3.73. The van der Waals surface area contributed by atoms with Crippen molar-refractivity contribution < 1.29 is 23.9 Å². The summed E-state index contributed by atoms with van der Waals surface area (Å²) in [4.78, 5) is 70.4. The Balaban J connectivity index is 0.000000254. The van der Waals surface area contributed by atoms with Gasteiger partial charge in [0.2, 0.25) is 0 Å². The van der Waals surface area contributed by atoms with Crippen LogP contribution in [0.4, 0.5) is 4.70 Å². The van der Waals surface area contributed by atoms with Gasteiger partial charge in [0.1, 0.15) is 8.07 Å². The monoisotopic (exact) mass is 1730 g/mol. The first-order valence-corrected chi connectivity index (χ1v) is 54.0. The van der Waals surface area contributed by atoms with E-state index in [0.29, 0.717) is 35.3 Å². The zero-order chi connectivity index (χ0) is 70.1. The molecule has 10 rings (SSSR count).